The normalized spacial score (nSPS) is 14.5. The Hall–Kier alpha value is -2.34. The Bertz CT molecular complexity index is 746. The number of nitrogens with one attached hydrogen (secondary N) is 1. The smallest absolute Gasteiger partial charge is 0.241 e. The maximum atomic E-state index is 13.0. The second kappa shape index (κ2) is 7.70. The lowest BCUT2D eigenvalue weighted by atomic mass is 10.2. The highest BCUT2D eigenvalue weighted by Crippen LogP contribution is 2.22. The van der Waals surface area contributed by atoms with Crippen molar-refractivity contribution in [1.29, 1.82) is 0 Å². The number of benzene rings is 2. The predicted molar refractivity (Wildman–Crippen MR) is 95.1 cm³/mol. The molecular weight excluding hydrogens is 348 g/mol. The quantitative estimate of drug-likeness (QED) is 0.902. The highest BCUT2D eigenvalue weighted by molar-refractivity contribution is 6.33. The molecule has 2 aromatic rings. The molecule has 0 aromatic heterocycles. The number of carbonyl (C=O) groups excluding carboxylic acids is 1. The Labute approximate surface area is 150 Å². The van der Waals surface area contributed by atoms with Gasteiger partial charge in [-0.05, 0) is 42.5 Å². The zero-order chi connectivity index (χ0) is 17.8. The maximum Gasteiger partial charge on any atom is 0.241 e. The van der Waals surface area contributed by atoms with Crippen LogP contribution in [0.2, 0.25) is 5.02 Å². The van der Waals surface area contributed by atoms with Gasteiger partial charge in [-0.1, -0.05) is 11.6 Å². The molecule has 1 saturated heterocycles. The van der Waals surface area contributed by atoms with Gasteiger partial charge in [0.2, 0.25) is 5.91 Å². The summed E-state index contributed by atoms with van der Waals surface area (Å²) in [6, 6.07) is 10.4. The average molecular weight is 366 g/mol. The minimum absolute atomic E-state index is 0.0425. The van der Waals surface area contributed by atoms with Crippen molar-refractivity contribution in [3.8, 4) is 0 Å². The predicted octanol–water partition coefficient (Wildman–Crippen LogP) is 3.38. The van der Waals surface area contributed by atoms with Crippen molar-refractivity contribution in [3.05, 3.63) is 59.1 Å². The fourth-order valence-electron chi connectivity index (χ4n) is 2.78. The van der Waals surface area contributed by atoms with Crippen LogP contribution in [-0.4, -0.2) is 43.5 Å². The zero-order valence-corrected chi connectivity index (χ0v) is 14.3. The van der Waals surface area contributed by atoms with Crippen LogP contribution in [0.1, 0.15) is 0 Å². The number of carbonyl (C=O) groups is 1. The third-order valence-corrected chi connectivity index (χ3v) is 4.50. The first-order chi connectivity index (χ1) is 12.0. The lowest BCUT2D eigenvalue weighted by Crippen LogP contribution is -2.50. The van der Waals surface area contributed by atoms with Crippen LogP contribution in [0.25, 0.3) is 0 Å². The van der Waals surface area contributed by atoms with Crippen LogP contribution in [0, 0.1) is 11.6 Å². The number of halogens is 3. The molecule has 0 spiro atoms. The van der Waals surface area contributed by atoms with E-state index in [4.69, 9.17) is 11.6 Å². The fourth-order valence-corrected chi connectivity index (χ4v) is 3.02. The van der Waals surface area contributed by atoms with Gasteiger partial charge in [-0.15, -0.1) is 0 Å². The van der Waals surface area contributed by atoms with E-state index < -0.39 is 5.82 Å². The highest BCUT2D eigenvalue weighted by atomic mass is 35.5. The SMILES string of the molecule is O=C(CNc1ccc(F)cc1Cl)N1CCN(c2ccc(F)cc2)CC1. The van der Waals surface area contributed by atoms with E-state index in [1.54, 1.807) is 17.0 Å². The van der Waals surface area contributed by atoms with E-state index in [1.807, 2.05) is 0 Å². The first-order valence-corrected chi connectivity index (χ1v) is 8.38. The summed E-state index contributed by atoms with van der Waals surface area (Å²) in [5, 5.41) is 3.19. The summed E-state index contributed by atoms with van der Waals surface area (Å²) in [6.45, 7) is 2.66. The van der Waals surface area contributed by atoms with Crippen LogP contribution in [0.3, 0.4) is 0 Å². The van der Waals surface area contributed by atoms with Gasteiger partial charge in [-0.25, -0.2) is 8.78 Å². The van der Waals surface area contributed by atoms with Crippen LogP contribution in [-0.2, 0) is 4.79 Å². The Morgan fingerprint density at radius 1 is 1.00 bits per heavy atom. The number of hydrogen-bond donors (Lipinski definition) is 1. The van der Waals surface area contributed by atoms with Gasteiger partial charge in [0.15, 0.2) is 0 Å². The standard InChI is InChI=1S/C18H18ClF2N3O/c19-16-11-14(21)3-6-17(16)22-12-18(25)24-9-7-23(8-10-24)15-4-1-13(20)2-5-15/h1-6,11,22H,7-10,12H2. The molecule has 0 saturated carbocycles. The molecule has 1 amide bonds. The largest absolute Gasteiger partial charge is 0.375 e. The molecule has 0 unspecified atom stereocenters. The van der Waals surface area contributed by atoms with E-state index in [-0.39, 0.29) is 23.3 Å². The lowest BCUT2D eigenvalue weighted by Gasteiger charge is -2.36. The van der Waals surface area contributed by atoms with Crippen molar-refractivity contribution in [2.24, 2.45) is 0 Å². The minimum atomic E-state index is -0.418. The van der Waals surface area contributed by atoms with Crippen molar-refractivity contribution in [3.63, 3.8) is 0 Å². The van der Waals surface area contributed by atoms with Gasteiger partial charge in [0.1, 0.15) is 11.6 Å². The van der Waals surface area contributed by atoms with Crippen molar-refractivity contribution in [1.82, 2.24) is 4.90 Å². The van der Waals surface area contributed by atoms with E-state index >= 15 is 0 Å². The van der Waals surface area contributed by atoms with Crippen molar-refractivity contribution in [2.75, 3.05) is 42.9 Å². The highest BCUT2D eigenvalue weighted by Gasteiger charge is 2.21. The number of piperazine rings is 1. The minimum Gasteiger partial charge on any atom is -0.375 e. The monoisotopic (exact) mass is 365 g/mol. The Morgan fingerprint density at radius 2 is 1.64 bits per heavy atom. The number of rotatable bonds is 4. The van der Waals surface area contributed by atoms with Gasteiger partial charge in [0.05, 0.1) is 17.3 Å². The summed E-state index contributed by atoms with van der Waals surface area (Å²) in [5.74, 6) is -0.721. The summed E-state index contributed by atoms with van der Waals surface area (Å²) in [4.78, 5) is 16.2. The van der Waals surface area contributed by atoms with Crippen LogP contribution in [0.4, 0.5) is 20.2 Å². The number of amides is 1. The van der Waals surface area contributed by atoms with E-state index in [2.05, 4.69) is 10.2 Å². The molecule has 132 valence electrons. The molecular formula is C18H18ClF2N3O. The molecule has 2 aromatic carbocycles. The summed E-state index contributed by atoms with van der Waals surface area (Å²) < 4.78 is 26.0. The molecule has 25 heavy (non-hydrogen) atoms. The van der Waals surface area contributed by atoms with Gasteiger partial charge in [-0.3, -0.25) is 4.79 Å². The Balaban J connectivity index is 1.50. The summed E-state index contributed by atoms with van der Waals surface area (Å²) in [7, 11) is 0. The van der Waals surface area contributed by atoms with Gasteiger partial charge in [0.25, 0.3) is 0 Å². The van der Waals surface area contributed by atoms with Gasteiger partial charge in [0, 0.05) is 31.9 Å². The molecule has 1 heterocycles. The molecule has 4 nitrogen and oxygen atoms in total. The topological polar surface area (TPSA) is 35.6 Å². The van der Waals surface area contributed by atoms with Crippen molar-refractivity contribution in [2.45, 2.75) is 0 Å². The molecule has 0 atom stereocenters. The summed E-state index contributed by atoms with van der Waals surface area (Å²) in [5.41, 5.74) is 1.48. The van der Waals surface area contributed by atoms with Gasteiger partial charge < -0.3 is 15.1 Å². The summed E-state index contributed by atoms with van der Waals surface area (Å²) >= 11 is 5.94. The Kier molecular flexibility index (Phi) is 5.38. The molecule has 1 aliphatic heterocycles. The molecule has 3 rings (SSSR count). The third kappa shape index (κ3) is 4.39. The summed E-state index contributed by atoms with van der Waals surface area (Å²) in [6.07, 6.45) is 0. The first kappa shape index (κ1) is 17.5. The first-order valence-electron chi connectivity index (χ1n) is 8.00. The zero-order valence-electron chi connectivity index (χ0n) is 13.5. The van der Waals surface area contributed by atoms with Crippen LogP contribution < -0.4 is 10.2 Å². The lowest BCUT2D eigenvalue weighted by molar-refractivity contribution is -0.129. The van der Waals surface area contributed by atoms with Crippen molar-refractivity contribution >= 4 is 28.9 Å². The van der Waals surface area contributed by atoms with E-state index in [0.717, 1.165) is 5.69 Å². The van der Waals surface area contributed by atoms with Crippen LogP contribution >= 0.6 is 11.6 Å². The maximum absolute atomic E-state index is 13.0. The average Bonchev–Trinajstić information content (AvgIpc) is 2.61. The number of nitrogens with zero attached hydrogens (tertiary/aromatic N) is 2. The van der Waals surface area contributed by atoms with Crippen molar-refractivity contribution < 1.29 is 13.6 Å². The van der Waals surface area contributed by atoms with E-state index in [9.17, 15) is 13.6 Å². The second-order valence-corrected chi connectivity index (χ2v) is 6.23. The molecule has 1 fully saturated rings. The molecule has 0 bridgehead atoms. The number of hydrogen-bond acceptors (Lipinski definition) is 3. The molecule has 0 radical (unpaired) electrons. The molecule has 7 heteroatoms. The number of anilines is 2. The van der Waals surface area contributed by atoms with Gasteiger partial charge >= 0.3 is 0 Å². The molecule has 0 aliphatic carbocycles. The second-order valence-electron chi connectivity index (χ2n) is 5.82. The van der Waals surface area contributed by atoms with Crippen LogP contribution in [0.15, 0.2) is 42.5 Å². The third-order valence-electron chi connectivity index (χ3n) is 4.19. The van der Waals surface area contributed by atoms with Crippen LogP contribution in [0.5, 0.6) is 0 Å². The molecule has 1 aliphatic rings. The Morgan fingerprint density at radius 3 is 2.28 bits per heavy atom. The fraction of sp³-hybridized carbons (Fsp3) is 0.278. The van der Waals surface area contributed by atoms with E-state index in [1.165, 1.54) is 30.3 Å². The van der Waals surface area contributed by atoms with E-state index in [0.29, 0.717) is 31.9 Å². The van der Waals surface area contributed by atoms with Gasteiger partial charge in [-0.2, -0.15) is 0 Å². The molecule has 1 N–H and O–H groups in total.